The highest BCUT2D eigenvalue weighted by molar-refractivity contribution is 7.66. The van der Waals surface area contributed by atoms with E-state index in [9.17, 15) is 57.7 Å². The Labute approximate surface area is 403 Å². The number of carboxylic acids is 1. The van der Waals surface area contributed by atoms with Gasteiger partial charge in [0.1, 0.15) is 37.8 Å². The second kappa shape index (κ2) is 22.7. The quantitative estimate of drug-likeness (QED) is 0.0221. The van der Waals surface area contributed by atoms with Crippen LogP contribution in [0.4, 0.5) is 5.69 Å². The number of nitrogens with zero attached hydrogens (tertiary/aromatic N) is 3. The van der Waals surface area contributed by atoms with Gasteiger partial charge >= 0.3 is 35.1 Å². The SMILES string of the molecule is CN(C)c1ccc2c(-c3ccc(C(=O)NCCCCCC(=O)NC/C=C/c4cn([C@H]5CC(O)[C@@H](COP(=O)(O)OP(=O)(O)OP(=O)(O)O)O5)c(=O)[nH]c4=O)cc3C(=O)O)c3ccc(=[N+](C)C)cc-3oc2c1. The van der Waals surface area contributed by atoms with Crippen LogP contribution in [0.2, 0.25) is 0 Å². The van der Waals surface area contributed by atoms with Gasteiger partial charge in [-0.2, -0.15) is 8.62 Å². The van der Waals surface area contributed by atoms with Crippen LogP contribution in [-0.4, -0.2) is 117 Å². The molecule has 5 atom stereocenters. The Morgan fingerprint density at radius 2 is 1.66 bits per heavy atom. The molecule has 382 valence electrons. The molecule has 9 N–H and O–H groups in total. The van der Waals surface area contributed by atoms with E-state index in [0.29, 0.717) is 52.7 Å². The summed E-state index contributed by atoms with van der Waals surface area (Å²) in [6.45, 7) is -0.724. The summed E-state index contributed by atoms with van der Waals surface area (Å²) in [5.41, 5.74) is 1.51. The van der Waals surface area contributed by atoms with Crippen molar-refractivity contribution in [2.45, 2.75) is 50.5 Å². The normalized spacial score (nSPS) is 17.8. The highest BCUT2D eigenvalue weighted by Crippen LogP contribution is 2.66. The smallest absolute Gasteiger partial charge is 0.478 e. The van der Waals surface area contributed by atoms with E-state index in [-0.39, 0.29) is 48.5 Å². The maximum Gasteiger partial charge on any atom is 0.490 e. The molecule has 0 bridgehead atoms. The van der Waals surface area contributed by atoms with Crippen molar-refractivity contribution in [3.05, 3.63) is 110 Å². The second-order valence-corrected chi connectivity index (χ2v) is 21.0. The first-order valence-corrected chi connectivity index (χ1v) is 26.1. The zero-order chi connectivity index (χ0) is 52.0. The van der Waals surface area contributed by atoms with Gasteiger partial charge in [0.05, 0.1) is 29.9 Å². The summed E-state index contributed by atoms with van der Waals surface area (Å²) in [5.74, 6) is -1.42. The van der Waals surface area contributed by atoms with E-state index in [4.69, 9.17) is 18.9 Å². The molecule has 0 saturated carbocycles. The van der Waals surface area contributed by atoms with Crippen molar-refractivity contribution in [1.82, 2.24) is 24.8 Å². The van der Waals surface area contributed by atoms with Gasteiger partial charge in [0.2, 0.25) is 11.3 Å². The van der Waals surface area contributed by atoms with Crippen molar-refractivity contribution in [3.63, 3.8) is 0 Å². The zero-order valence-electron chi connectivity index (χ0n) is 38.5. The topological polar surface area (TPSA) is 359 Å². The Kier molecular flexibility index (Phi) is 17.4. The van der Waals surface area contributed by atoms with Gasteiger partial charge in [0.15, 0.2) is 0 Å². The minimum atomic E-state index is -5.79. The summed E-state index contributed by atoms with van der Waals surface area (Å²) >= 11 is 0. The number of unbranched alkanes of at least 4 members (excludes halogenated alkanes) is 2. The number of rotatable bonds is 21. The van der Waals surface area contributed by atoms with Crippen LogP contribution in [0.5, 0.6) is 0 Å². The number of carbonyl (C=O) groups is 3. The summed E-state index contributed by atoms with van der Waals surface area (Å²) in [6.07, 6.45) is 1.11. The number of amides is 2. The standard InChI is InChI=1S/C43H51N6O19P3/c1-47(2)27-12-15-30-34(20-27)65-35-21-28(48(3)4)13-16-31(35)39(30)29-14-11-25(19-32(29)42(54)55)40(52)45-17-7-5-6-10-37(51)44-18-8-9-26-23-49(43(56)46-41(26)53)38-22-33(50)36(66-38)24-64-70(60,61)68-71(62,63)67-69(57,58)59/h8-9,11-16,19-21,23,33,36,38,50H,5-7,10,17-18,22,24H2,1-4H3,(H7-,44,45,46,51,52,53,54,55,56,57,58,59,60,61,62,63)/p+1/b9-8+/t33?,36-,38-/m1/s1. The number of fused-ring (bicyclic) bond motifs is 2. The minimum Gasteiger partial charge on any atom is -0.478 e. The Morgan fingerprint density at radius 1 is 0.930 bits per heavy atom. The predicted octanol–water partition coefficient (Wildman–Crippen LogP) is 2.96. The summed E-state index contributed by atoms with van der Waals surface area (Å²) in [6, 6.07) is 16.0. The van der Waals surface area contributed by atoms with Crippen molar-refractivity contribution < 1.29 is 80.2 Å². The number of carbonyl (C=O) groups excluding carboxylic acids is 2. The number of ether oxygens (including phenoxy) is 1. The van der Waals surface area contributed by atoms with Crippen molar-refractivity contribution in [2.24, 2.45) is 0 Å². The van der Waals surface area contributed by atoms with Gasteiger partial charge in [-0.1, -0.05) is 24.6 Å². The van der Waals surface area contributed by atoms with Crippen LogP contribution in [0.25, 0.3) is 39.5 Å². The molecule has 1 saturated heterocycles. The average Bonchev–Trinajstić information content (AvgIpc) is 3.65. The number of hydrogen-bond acceptors (Lipinski definition) is 15. The lowest BCUT2D eigenvalue weighted by Crippen LogP contribution is -2.33. The Morgan fingerprint density at radius 3 is 2.35 bits per heavy atom. The van der Waals surface area contributed by atoms with E-state index in [2.05, 4.69) is 28.8 Å². The number of aromatic carboxylic acids is 1. The van der Waals surface area contributed by atoms with E-state index in [1.165, 1.54) is 18.2 Å². The van der Waals surface area contributed by atoms with Crippen LogP contribution >= 0.6 is 23.5 Å². The Balaban J connectivity index is 0.977. The van der Waals surface area contributed by atoms with Gasteiger partial charge in [-0.05, 0) is 48.7 Å². The fraction of sp³-hybridized carbons (Fsp3) is 0.349. The van der Waals surface area contributed by atoms with E-state index >= 15 is 0 Å². The molecule has 3 aliphatic rings. The van der Waals surface area contributed by atoms with Gasteiger partial charge < -0.3 is 54.5 Å². The zero-order valence-corrected chi connectivity index (χ0v) is 41.2. The number of H-pyrrole nitrogens is 1. The van der Waals surface area contributed by atoms with E-state index in [1.807, 2.05) is 74.1 Å². The number of aliphatic hydroxyl groups is 1. The fourth-order valence-electron chi connectivity index (χ4n) is 7.47. The monoisotopic (exact) mass is 1050 g/mol. The summed E-state index contributed by atoms with van der Waals surface area (Å²) in [5, 5.41) is 27.9. The highest BCUT2D eigenvalue weighted by atomic mass is 31.3. The molecule has 3 unspecified atom stereocenters. The molecule has 28 heteroatoms. The molecular weight excluding hydrogens is 997 g/mol. The lowest BCUT2D eigenvalue weighted by molar-refractivity contribution is -0.121. The lowest BCUT2D eigenvalue weighted by Gasteiger charge is -2.19. The summed E-state index contributed by atoms with van der Waals surface area (Å²) in [4.78, 5) is 104. The maximum absolute atomic E-state index is 13.2. The van der Waals surface area contributed by atoms with Crippen molar-refractivity contribution in [1.29, 1.82) is 0 Å². The lowest BCUT2D eigenvalue weighted by atomic mass is 9.89. The van der Waals surface area contributed by atoms with Crippen LogP contribution in [0, 0.1) is 0 Å². The Hall–Kier alpha value is -5.91. The number of carboxylic acid groups (broad SMARTS) is 1. The van der Waals surface area contributed by atoms with Gasteiger partial charge in [0.25, 0.3) is 11.5 Å². The van der Waals surface area contributed by atoms with Crippen LogP contribution in [0.15, 0.2) is 80.9 Å². The van der Waals surface area contributed by atoms with Crippen molar-refractivity contribution in [3.8, 4) is 22.5 Å². The number of anilines is 1. The summed E-state index contributed by atoms with van der Waals surface area (Å²) in [7, 11) is -9.31. The largest absolute Gasteiger partial charge is 0.490 e. The first-order chi connectivity index (χ1) is 33.3. The van der Waals surface area contributed by atoms with Crippen molar-refractivity contribution >= 4 is 64.0 Å². The van der Waals surface area contributed by atoms with Crippen LogP contribution in [0.3, 0.4) is 0 Å². The number of aromatic amines is 1. The van der Waals surface area contributed by atoms with E-state index < -0.39 is 71.6 Å². The molecule has 1 aromatic heterocycles. The molecule has 6 rings (SSSR count). The van der Waals surface area contributed by atoms with Gasteiger partial charge in [-0.25, -0.2) is 27.9 Å². The third-order valence-electron chi connectivity index (χ3n) is 10.9. The van der Waals surface area contributed by atoms with Gasteiger partial charge in [-0.15, -0.1) is 0 Å². The number of phosphoric acid groups is 3. The van der Waals surface area contributed by atoms with Crippen LogP contribution in [0.1, 0.15) is 64.6 Å². The van der Waals surface area contributed by atoms with E-state index in [0.717, 1.165) is 21.8 Å². The molecule has 1 fully saturated rings. The molecule has 2 amide bonds. The number of aromatic nitrogens is 2. The predicted molar refractivity (Wildman–Crippen MR) is 255 cm³/mol. The molecule has 1 aliphatic carbocycles. The molecule has 71 heavy (non-hydrogen) atoms. The van der Waals surface area contributed by atoms with Gasteiger partial charge in [0, 0.05) is 86.1 Å². The number of phosphoric ester groups is 1. The molecular formula is C43H52N6O19P3+. The minimum absolute atomic E-state index is 0.00723. The third-order valence-corrected chi connectivity index (χ3v) is 14.7. The first-order valence-electron chi connectivity index (χ1n) is 21.6. The second-order valence-electron chi connectivity index (χ2n) is 16.5. The number of benzene rings is 3. The molecule has 0 spiro atoms. The fourth-order valence-corrected chi connectivity index (χ4v) is 10.5. The molecule has 3 heterocycles. The molecule has 3 aromatic rings. The Bertz CT molecular complexity index is 3180. The molecule has 0 radical (unpaired) electrons. The van der Waals surface area contributed by atoms with Crippen LogP contribution < -0.4 is 36.7 Å². The van der Waals surface area contributed by atoms with Crippen LogP contribution in [-0.2, 0) is 36.4 Å². The molecule has 2 aliphatic heterocycles. The maximum atomic E-state index is 13.2. The highest BCUT2D eigenvalue weighted by Gasteiger charge is 2.43. The first kappa shape index (κ1) is 54.4. The van der Waals surface area contributed by atoms with Crippen molar-refractivity contribution in [2.75, 3.05) is 52.8 Å². The summed E-state index contributed by atoms with van der Waals surface area (Å²) < 4.78 is 61.0. The number of hydrogen-bond donors (Lipinski definition) is 9. The van der Waals surface area contributed by atoms with E-state index in [1.54, 1.807) is 12.1 Å². The van der Waals surface area contributed by atoms with Gasteiger partial charge in [-0.3, -0.25) is 28.5 Å². The number of nitrogens with one attached hydrogen (secondary N) is 3. The third kappa shape index (κ3) is 14.4. The average molecular weight is 1050 g/mol. The molecule has 25 nitrogen and oxygen atoms in total. The molecule has 2 aromatic carbocycles. The number of aliphatic hydroxyl groups excluding tert-OH is 1.